The summed E-state index contributed by atoms with van der Waals surface area (Å²) in [6.07, 6.45) is 0.530. The number of fused-ring (bicyclic) bond motifs is 1. The van der Waals surface area contributed by atoms with E-state index in [9.17, 15) is 4.39 Å². The van der Waals surface area contributed by atoms with Gasteiger partial charge in [-0.3, -0.25) is 0 Å². The van der Waals surface area contributed by atoms with Crippen LogP contribution in [0.4, 0.5) is 4.39 Å². The highest BCUT2D eigenvalue weighted by Gasteiger charge is 2.28. The van der Waals surface area contributed by atoms with Crippen molar-refractivity contribution in [2.45, 2.75) is 18.6 Å². The Morgan fingerprint density at radius 2 is 1.95 bits per heavy atom. The van der Waals surface area contributed by atoms with Crippen LogP contribution in [0.5, 0.6) is 5.75 Å². The Morgan fingerprint density at radius 3 is 2.74 bits per heavy atom. The Bertz CT molecular complexity index is 617. The van der Waals surface area contributed by atoms with Crippen LogP contribution in [-0.2, 0) is 0 Å². The fourth-order valence-corrected chi connectivity index (χ4v) is 2.94. The molecule has 0 bridgehead atoms. The molecular formula is C15H13BrFNO. The molecule has 1 aliphatic heterocycles. The van der Waals surface area contributed by atoms with Crippen LogP contribution in [0, 0.1) is 5.82 Å². The number of ether oxygens (including phenoxy) is 1. The maximum absolute atomic E-state index is 13.2. The van der Waals surface area contributed by atoms with Gasteiger partial charge in [0.05, 0.1) is 0 Å². The molecule has 2 nitrogen and oxygen atoms in total. The minimum atomic E-state index is -0.280. The molecule has 0 fully saturated rings. The van der Waals surface area contributed by atoms with Crippen molar-refractivity contribution < 1.29 is 9.13 Å². The minimum absolute atomic E-state index is 0.108. The summed E-state index contributed by atoms with van der Waals surface area (Å²) in [5, 5.41) is 0. The molecule has 0 amide bonds. The summed E-state index contributed by atoms with van der Waals surface area (Å²) < 4.78 is 20.2. The van der Waals surface area contributed by atoms with Crippen LogP contribution in [0.2, 0.25) is 0 Å². The van der Waals surface area contributed by atoms with Crippen LogP contribution in [0.1, 0.15) is 29.7 Å². The molecule has 98 valence electrons. The molecule has 1 aliphatic rings. The molecule has 0 aromatic heterocycles. The molecule has 1 heterocycles. The predicted molar refractivity (Wildman–Crippen MR) is 75.5 cm³/mol. The summed E-state index contributed by atoms with van der Waals surface area (Å²) in [5.74, 6) is 0.387. The number of hydrogen-bond donors (Lipinski definition) is 1. The topological polar surface area (TPSA) is 35.2 Å². The zero-order chi connectivity index (χ0) is 13.4. The molecule has 4 heteroatoms. The largest absolute Gasteiger partial charge is 0.485 e. The van der Waals surface area contributed by atoms with Gasteiger partial charge in [0.15, 0.2) is 0 Å². The maximum Gasteiger partial charge on any atom is 0.127 e. The first-order valence-electron chi connectivity index (χ1n) is 6.11. The average molecular weight is 322 g/mol. The van der Waals surface area contributed by atoms with Crippen LogP contribution in [0.3, 0.4) is 0 Å². The minimum Gasteiger partial charge on any atom is -0.485 e. The summed E-state index contributed by atoms with van der Waals surface area (Å²) in [6, 6.07) is 12.2. The Kier molecular flexibility index (Phi) is 3.29. The standard InChI is InChI=1S/C15H13BrFNO/c16-12-4-2-1-3-10(12)15-8-13(18)11-7-9(17)5-6-14(11)19-15/h1-7,13,15H,8,18H2. The molecule has 2 unspecified atom stereocenters. The van der Waals surface area contributed by atoms with E-state index in [0.717, 1.165) is 15.6 Å². The second kappa shape index (κ2) is 4.94. The number of rotatable bonds is 1. The van der Waals surface area contributed by atoms with Crippen molar-refractivity contribution >= 4 is 15.9 Å². The summed E-state index contributed by atoms with van der Waals surface area (Å²) in [6.45, 7) is 0. The van der Waals surface area contributed by atoms with Crippen LogP contribution in [0.15, 0.2) is 46.9 Å². The van der Waals surface area contributed by atoms with E-state index in [2.05, 4.69) is 15.9 Å². The second-order valence-electron chi connectivity index (χ2n) is 4.65. The van der Waals surface area contributed by atoms with Gasteiger partial charge in [-0.2, -0.15) is 0 Å². The van der Waals surface area contributed by atoms with E-state index < -0.39 is 0 Å². The fraction of sp³-hybridized carbons (Fsp3) is 0.200. The molecule has 3 rings (SSSR count). The third kappa shape index (κ3) is 2.38. The predicted octanol–water partition coefficient (Wildman–Crippen LogP) is 4.11. The molecule has 0 aliphatic carbocycles. The molecule has 2 atom stereocenters. The van der Waals surface area contributed by atoms with Gasteiger partial charge in [0.2, 0.25) is 0 Å². The summed E-state index contributed by atoms with van der Waals surface area (Å²) in [5.41, 5.74) is 7.93. The monoisotopic (exact) mass is 321 g/mol. The highest BCUT2D eigenvalue weighted by atomic mass is 79.9. The third-order valence-electron chi connectivity index (χ3n) is 3.36. The van der Waals surface area contributed by atoms with E-state index in [0.29, 0.717) is 12.2 Å². The van der Waals surface area contributed by atoms with Gasteiger partial charge in [0.25, 0.3) is 0 Å². The van der Waals surface area contributed by atoms with E-state index in [-0.39, 0.29) is 18.0 Å². The number of hydrogen-bond acceptors (Lipinski definition) is 2. The van der Waals surface area contributed by atoms with Gasteiger partial charge in [-0.05, 0) is 24.3 Å². The van der Waals surface area contributed by atoms with Gasteiger partial charge in [0, 0.05) is 28.1 Å². The van der Waals surface area contributed by atoms with Gasteiger partial charge >= 0.3 is 0 Å². The van der Waals surface area contributed by atoms with Gasteiger partial charge in [-0.1, -0.05) is 34.1 Å². The van der Waals surface area contributed by atoms with E-state index in [1.807, 2.05) is 24.3 Å². The summed E-state index contributed by atoms with van der Waals surface area (Å²) in [4.78, 5) is 0. The van der Waals surface area contributed by atoms with Crippen LogP contribution in [0.25, 0.3) is 0 Å². The van der Waals surface area contributed by atoms with Crippen molar-refractivity contribution in [2.75, 3.05) is 0 Å². The van der Waals surface area contributed by atoms with Crippen molar-refractivity contribution in [1.29, 1.82) is 0 Å². The lowest BCUT2D eigenvalue weighted by Gasteiger charge is -2.31. The molecule has 0 radical (unpaired) electrons. The second-order valence-corrected chi connectivity index (χ2v) is 5.51. The molecule has 2 N–H and O–H groups in total. The van der Waals surface area contributed by atoms with Crippen LogP contribution >= 0.6 is 15.9 Å². The number of benzene rings is 2. The number of halogens is 2. The van der Waals surface area contributed by atoms with E-state index in [1.165, 1.54) is 12.1 Å². The number of nitrogens with two attached hydrogens (primary N) is 1. The highest BCUT2D eigenvalue weighted by Crippen LogP contribution is 2.41. The summed E-state index contributed by atoms with van der Waals surface area (Å²) in [7, 11) is 0. The van der Waals surface area contributed by atoms with Gasteiger partial charge < -0.3 is 10.5 Å². The molecular weight excluding hydrogens is 309 g/mol. The normalized spacial score (nSPS) is 21.6. The smallest absolute Gasteiger partial charge is 0.127 e. The van der Waals surface area contributed by atoms with Crippen LogP contribution in [-0.4, -0.2) is 0 Å². The van der Waals surface area contributed by atoms with E-state index in [1.54, 1.807) is 6.07 Å². The Labute approximate surface area is 119 Å². The van der Waals surface area contributed by atoms with E-state index >= 15 is 0 Å². The van der Waals surface area contributed by atoms with Gasteiger partial charge in [-0.15, -0.1) is 0 Å². The van der Waals surface area contributed by atoms with Crippen molar-refractivity contribution in [3.63, 3.8) is 0 Å². The Morgan fingerprint density at radius 1 is 1.16 bits per heavy atom. The first-order chi connectivity index (χ1) is 9.15. The summed E-state index contributed by atoms with van der Waals surface area (Å²) >= 11 is 3.52. The molecule has 0 spiro atoms. The SMILES string of the molecule is NC1CC(c2ccccc2Br)Oc2ccc(F)cc21. The lowest BCUT2D eigenvalue weighted by molar-refractivity contribution is 0.160. The van der Waals surface area contributed by atoms with E-state index in [4.69, 9.17) is 10.5 Å². The van der Waals surface area contributed by atoms with Crippen LogP contribution < -0.4 is 10.5 Å². The van der Waals surface area contributed by atoms with Gasteiger partial charge in [-0.25, -0.2) is 4.39 Å². The zero-order valence-corrected chi connectivity index (χ0v) is 11.7. The lowest BCUT2D eigenvalue weighted by Crippen LogP contribution is -2.24. The Hall–Kier alpha value is -1.39. The molecule has 0 saturated carbocycles. The Balaban J connectivity index is 1.97. The zero-order valence-electron chi connectivity index (χ0n) is 10.1. The lowest BCUT2D eigenvalue weighted by atomic mass is 9.93. The molecule has 0 saturated heterocycles. The van der Waals surface area contributed by atoms with Crippen molar-refractivity contribution in [2.24, 2.45) is 5.73 Å². The molecule has 2 aromatic rings. The molecule has 19 heavy (non-hydrogen) atoms. The highest BCUT2D eigenvalue weighted by molar-refractivity contribution is 9.10. The third-order valence-corrected chi connectivity index (χ3v) is 4.08. The quantitative estimate of drug-likeness (QED) is 0.857. The fourth-order valence-electron chi connectivity index (χ4n) is 2.40. The van der Waals surface area contributed by atoms with Gasteiger partial charge in [0.1, 0.15) is 17.7 Å². The van der Waals surface area contributed by atoms with Crippen molar-refractivity contribution in [1.82, 2.24) is 0 Å². The first-order valence-corrected chi connectivity index (χ1v) is 6.90. The molecule has 2 aromatic carbocycles. The van der Waals surface area contributed by atoms with Crippen molar-refractivity contribution in [3.05, 3.63) is 63.9 Å². The first kappa shape index (κ1) is 12.6. The maximum atomic E-state index is 13.2. The average Bonchev–Trinajstić information content (AvgIpc) is 2.40. The van der Waals surface area contributed by atoms with Crippen molar-refractivity contribution in [3.8, 4) is 5.75 Å².